The third-order valence-corrected chi connectivity index (χ3v) is 5.38. The van der Waals surface area contributed by atoms with Crippen LogP contribution in [-0.4, -0.2) is 28.0 Å². The first-order valence-corrected chi connectivity index (χ1v) is 8.93. The number of likely N-dealkylation sites (tertiary alicyclic amines) is 1. The molecule has 1 aromatic carbocycles. The van der Waals surface area contributed by atoms with Crippen molar-refractivity contribution in [2.75, 3.05) is 13.1 Å². The van der Waals surface area contributed by atoms with Gasteiger partial charge < -0.3 is 0 Å². The van der Waals surface area contributed by atoms with Gasteiger partial charge in [-0.3, -0.25) is 4.90 Å². The van der Waals surface area contributed by atoms with Crippen LogP contribution in [0.3, 0.4) is 0 Å². The maximum absolute atomic E-state index is 4.79. The van der Waals surface area contributed by atoms with E-state index in [2.05, 4.69) is 41.1 Å². The maximum Gasteiger partial charge on any atom is 0.126 e. The second-order valence-electron chi connectivity index (χ2n) is 6.94. The normalized spacial score (nSPS) is 19.0. The fraction of sp³-hybridized carbons (Fsp3) is 0.500. The summed E-state index contributed by atoms with van der Waals surface area (Å²) in [7, 11) is 0. The third-order valence-electron chi connectivity index (χ3n) is 5.38. The van der Waals surface area contributed by atoms with Gasteiger partial charge in [-0.15, -0.1) is 0 Å². The maximum atomic E-state index is 4.79. The molecule has 120 valence electrons. The Morgan fingerprint density at radius 2 is 1.87 bits per heavy atom. The Balaban J connectivity index is 1.72. The van der Waals surface area contributed by atoms with Crippen molar-refractivity contribution in [1.29, 1.82) is 0 Å². The highest BCUT2D eigenvalue weighted by atomic mass is 15.2. The molecule has 0 unspecified atom stereocenters. The second kappa shape index (κ2) is 6.04. The molecule has 1 aliphatic carbocycles. The first kappa shape index (κ1) is 14.8. The van der Waals surface area contributed by atoms with Gasteiger partial charge in [0, 0.05) is 22.9 Å². The quantitative estimate of drug-likeness (QED) is 0.855. The molecule has 0 bridgehead atoms. The Bertz CT molecular complexity index is 717. The van der Waals surface area contributed by atoms with Gasteiger partial charge in [-0.05, 0) is 70.7 Å². The molecule has 1 fully saturated rings. The average Bonchev–Trinajstić information content (AvgIpc) is 3.24. The van der Waals surface area contributed by atoms with Crippen molar-refractivity contribution >= 4 is 0 Å². The van der Waals surface area contributed by atoms with Crippen LogP contribution >= 0.6 is 0 Å². The molecule has 0 spiro atoms. The average molecular weight is 307 g/mol. The van der Waals surface area contributed by atoms with Crippen LogP contribution in [-0.2, 0) is 12.8 Å². The molecule has 2 aromatic rings. The summed E-state index contributed by atoms with van der Waals surface area (Å²) in [6, 6.07) is 9.51. The summed E-state index contributed by atoms with van der Waals surface area (Å²) in [5, 5.41) is 0. The van der Waals surface area contributed by atoms with Crippen LogP contribution in [0.4, 0.5) is 0 Å². The van der Waals surface area contributed by atoms with Crippen LogP contribution in [0.1, 0.15) is 54.9 Å². The Morgan fingerprint density at radius 3 is 2.70 bits per heavy atom. The van der Waals surface area contributed by atoms with Crippen LogP contribution < -0.4 is 0 Å². The van der Waals surface area contributed by atoms with Crippen molar-refractivity contribution in [3.63, 3.8) is 0 Å². The fourth-order valence-corrected chi connectivity index (χ4v) is 4.08. The summed E-state index contributed by atoms with van der Waals surface area (Å²) in [5.74, 6) is 0.902. The molecule has 0 radical (unpaired) electrons. The first-order chi connectivity index (χ1) is 11.2. The SMILES string of the molecule is Cc1nc2c(c(-c3cccc([C@H](C)N4CCCC4)c3)n1)CCC2. The van der Waals surface area contributed by atoms with Gasteiger partial charge >= 0.3 is 0 Å². The largest absolute Gasteiger partial charge is 0.297 e. The minimum Gasteiger partial charge on any atom is -0.297 e. The van der Waals surface area contributed by atoms with Crippen LogP contribution in [0.15, 0.2) is 24.3 Å². The number of nitrogens with zero attached hydrogens (tertiary/aromatic N) is 3. The molecule has 1 aromatic heterocycles. The summed E-state index contributed by atoms with van der Waals surface area (Å²) < 4.78 is 0. The summed E-state index contributed by atoms with van der Waals surface area (Å²) in [6.45, 7) is 6.81. The van der Waals surface area contributed by atoms with Crippen molar-refractivity contribution < 1.29 is 0 Å². The van der Waals surface area contributed by atoms with E-state index in [1.54, 1.807) is 0 Å². The lowest BCUT2D eigenvalue weighted by molar-refractivity contribution is 0.263. The highest BCUT2D eigenvalue weighted by Crippen LogP contribution is 2.32. The molecular formula is C20H25N3. The van der Waals surface area contributed by atoms with Gasteiger partial charge in [-0.1, -0.05) is 18.2 Å². The molecule has 4 rings (SSSR count). The van der Waals surface area contributed by atoms with Gasteiger partial charge in [0.15, 0.2) is 0 Å². The molecule has 3 heteroatoms. The summed E-state index contributed by atoms with van der Waals surface area (Å²) in [4.78, 5) is 12.0. The molecular weight excluding hydrogens is 282 g/mol. The van der Waals surface area contributed by atoms with Crippen LogP contribution in [0, 0.1) is 6.92 Å². The predicted molar refractivity (Wildman–Crippen MR) is 93.5 cm³/mol. The van der Waals surface area contributed by atoms with Crippen molar-refractivity contribution in [3.05, 3.63) is 46.9 Å². The molecule has 2 heterocycles. The topological polar surface area (TPSA) is 29.0 Å². The van der Waals surface area contributed by atoms with Crippen LogP contribution in [0.2, 0.25) is 0 Å². The highest BCUT2D eigenvalue weighted by molar-refractivity contribution is 5.65. The summed E-state index contributed by atoms with van der Waals surface area (Å²) in [5.41, 5.74) is 6.48. The standard InChI is InChI=1S/C20H25N3/c1-14(23-11-3-4-12-23)16-7-5-8-17(13-16)20-18-9-6-10-19(18)21-15(2)22-20/h5,7-8,13-14H,3-4,6,9-12H2,1-2H3/t14-/m0/s1. The highest BCUT2D eigenvalue weighted by Gasteiger charge is 2.22. The molecule has 0 N–H and O–H groups in total. The van der Waals surface area contributed by atoms with Crippen molar-refractivity contribution in [1.82, 2.24) is 14.9 Å². The molecule has 23 heavy (non-hydrogen) atoms. The number of aromatic nitrogens is 2. The zero-order valence-corrected chi connectivity index (χ0v) is 14.2. The Morgan fingerprint density at radius 1 is 1.04 bits per heavy atom. The van der Waals surface area contributed by atoms with Gasteiger partial charge in [0.25, 0.3) is 0 Å². The molecule has 1 aliphatic heterocycles. The molecule has 1 saturated heterocycles. The number of benzene rings is 1. The summed E-state index contributed by atoms with van der Waals surface area (Å²) in [6.07, 6.45) is 6.11. The minimum absolute atomic E-state index is 0.494. The van der Waals surface area contributed by atoms with Gasteiger partial charge in [0.2, 0.25) is 0 Å². The van der Waals surface area contributed by atoms with Gasteiger partial charge in [0.1, 0.15) is 5.82 Å². The molecule has 3 nitrogen and oxygen atoms in total. The van der Waals surface area contributed by atoms with E-state index in [0.29, 0.717) is 6.04 Å². The van der Waals surface area contributed by atoms with E-state index in [4.69, 9.17) is 4.98 Å². The van der Waals surface area contributed by atoms with E-state index in [-0.39, 0.29) is 0 Å². The lowest BCUT2D eigenvalue weighted by Gasteiger charge is -2.24. The monoisotopic (exact) mass is 307 g/mol. The summed E-state index contributed by atoms with van der Waals surface area (Å²) >= 11 is 0. The number of aryl methyl sites for hydroxylation is 2. The number of rotatable bonds is 3. The lowest BCUT2D eigenvalue weighted by Crippen LogP contribution is -2.23. The molecule has 2 aliphatic rings. The van der Waals surface area contributed by atoms with Gasteiger partial charge in [0.05, 0.1) is 5.69 Å². The van der Waals surface area contributed by atoms with Gasteiger partial charge in [-0.25, -0.2) is 9.97 Å². The van der Waals surface area contributed by atoms with E-state index < -0.39 is 0 Å². The Hall–Kier alpha value is -1.74. The zero-order valence-electron chi connectivity index (χ0n) is 14.2. The number of fused-ring (bicyclic) bond motifs is 1. The molecule has 1 atom stereocenters. The molecule has 0 saturated carbocycles. The Kier molecular flexibility index (Phi) is 3.90. The molecule has 0 amide bonds. The smallest absolute Gasteiger partial charge is 0.126 e. The van der Waals surface area contributed by atoms with Crippen molar-refractivity contribution in [2.45, 2.75) is 52.0 Å². The number of hydrogen-bond donors (Lipinski definition) is 0. The van der Waals surface area contributed by atoms with Crippen molar-refractivity contribution in [2.24, 2.45) is 0 Å². The van der Waals surface area contributed by atoms with Gasteiger partial charge in [-0.2, -0.15) is 0 Å². The van der Waals surface area contributed by atoms with E-state index in [0.717, 1.165) is 18.7 Å². The van der Waals surface area contributed by atoms with E-state index in [9.17, 15) is 0 Å². The first-order valence-electron chi connectivity index (χ1n) is 8.93. The second-order valence-corrected chi connectivity index (χ2v) is 6.94. The van der Waals surface area contributed by atoms with Crippen LogP contribution in [0.25, 0.3) is 11.3 Å². The zero-order chi connectivity index (χ0) is 15.8. The number of hydrogen-bond acceptors (Lipinski definition) is 3. The van der Waals surface area contributed by atoms with E-state index in [1.807, 2.05) is 6.92 Å². The lowest BCUT2D eigenvalue weighted by atomic mass is 9.99. The minimum atomic E-state index is 0.494. The van der Waals surface area contributed by atoms with Crippen molar-refractivity contribution in [3.8, 4) is 11.3 Å². The van der Waals surface area contributed by atoms with E-state index >= 15 is 0 Å². The predicted octanol–water partition coefficient (Wildman–Crippen LogP) is 4.10. The van der Waals surface area contributed by atoms with E-state index in [1.165, 1.54) is 60.4 Å². The van der Waals surface area contributed by atoms with Crippen LogP contribution in [0.5, 0.6) is 0 Å². The third kappa shape index (κ3) is 2.78. The fourth-order valence-electron chi connectivity index (χ4n) is 4.08. The Labute approximate surface area is 138 Å².